The van der Waals surface area contributed by atoms with Crippen LogP contribution >= 0.6 is 0 Å². The van der Waals surface area contributed by atoms with Crippen molar-refractivity contribution in [3.05, 3.63) is 65.2 Å². The molecule has 3 rings (SSSR count). The van der Waals surface area contributed by atoms with Gasteiger partial charge in [0, 0.05) is 25.2 Å². The summed E-state index contributed by atoms with van der Waals surface area (Å²) in [5.74, 6) is -1.69. The third-order valence-electron chi connectivity index (χ3n) is 4.48. The average molecular weight is 352 g/mol. The van der Waals surface area contributed by atoms with Crippen LogP contribution in [-0.2, 0) is 16.1 Å². The Morgan fingerprint density at radius 2 is 1.77 bits per heavy atom. The van der Waals surface area contributed by atoms with E-state index in [0.29, 0.717) is 18.8 Å². The first-order valence-corrected chi connectivity index (χ1v) is 8.40. The van der Waals surface area contributed by atoms with Crippen molar-refractivity contribution in [2.24, 2.45) is 5.92 Å². The maximum Gasteiger partial charge on any atom is 0.335 e. The summed E-state index contributed by atoms with van der Waals surface area (Å²) in [5.41, 5.74) is 2.87. The number of carboxylic acids is 1. The van der Waals surface area contributed by atoms with E-state index >= 15 is 0 Å². The number of carbonyl (C=O) groups is 3. The summed E-state index contributed by atoms with van der Waals surface area (Å²) < 4.78 is 0. The van der Waals surface area contributed by atoms with Crippen LogP contribution < -0.4 is 5.32 Å². The first-order chi connectivity index (χ1) is 12.4. The van der Waals surface area contributed by atoms with Gasteiger partial charge in [-0.15, -0.1) is 0 Å². The molecule has 0 aromatic heterocycles. The molecule has 1 aliphatic rings. The van der Waals surface area contributed by atoms with Gasteiger partial charge in [-0.2, -0.15) is 0 Å². The molecule has 134 valence electrons. The van der Waals surface area contributed by atoms with Gasteiger partial charge in [0.25, 0.3) is 0 Å². The standard InChI is InChI=1S/C20H20N2O4/c1-13-2-4-14(5-3-13)11-22-12-16(10-18(22)23)19(24)21-17-8-6-15(7-9-17)20(25)26/h2-9,16H,10-12H2,1H3,(H,21,24)(H,25,26). The molecule has 2 aromatic rings. The number of hydrogen-bond donors (Lipinski definition) is 2. The topological polar surface area (TPSA) is 86.7 Å². The Bertz CT molecular complexity index is 828. The lowest BCUT2D eigenvalue weighted by molar-refractivity contribution is -0.128. The van der Waals surface area contributed by atoms with E-state index in [0.717, 1.165) is 11.1 Å². The zero-order chi connectivity index (χ0) is 18.7. The first kappa shape index (κ1) is 17.7. The quantitative estimate of drug-likeness (QED) is 0.866. The number of carboxylic acid groups (broad SMARTS) is 1. The van der Waals surface area contributed by atoms with Crippen molar-refractivity contribution < 1.29 is 19.5 Å². The number of aryl methyl sites for hydroxylation is 1. The third-order valence-corrected chi connectivity index (χ3v) is 4.48. The van der Waals surface area contributed by atoms with Crippen molar-refractivity contribution in [3.63, 3.8) is 0 Å². The smallest absolute Gasteiger partial charge is 0.335 e. The van der Waals surface area contributed by atoms with Crippen LogP contribution in [0.25, 0.3) is 0 Å². The summed E-state index contributed by atoms with van der Waals surface area (Å²) in [6.45, 7) is 2.89. The van der Waals surface area contributed by atoms with Gasteiger partial charge in [0.1, 0.15) is 0 Å². The number of nitrogens with zero attached hydrogens (tertiary/aromatic N) is 1. The van der Waals surface area contributed by atoms with Crippen LogP contribution in [0.5, 0.6) is 0 Å². The van der Waals surface area contributed by atoms with Crippen molar-refractivity contribution in [2.45, 2.75) is 19.9 Å². The van der Waals surface area contributed by atoms with Crippen LogP contribution in [0, 0.1) is 12.8 Å². The number of carbonyl (C=O) groups excluding carboxylic acids is 2. The number of aromatic carboxylic acids is 1. The third kappa shape index (κ3) is 4.08. The highest BCUT2D eigenvalue weighted by atomic mass is 16.4. The number of hydrogen-bond acceptors (Lipinski definition) is 3. The molecule has 1 fully saturated rings. The highest BCUT2D eigenvalue weighted by Crippen LogP contribution is 2.22. The predicted octanol–water partition coefficient (Wildman–Crippen LogP) is 2.68. The fraction of sp³-hybridized carbons (Fsp3) is 0.250. The molecule has 0 saturated carbocycles. The molecule has 1 aliphatic heterocycles. The molecule has 0 spiro atoms. The fourth-order valence-corrected chi connectivity index (χ4v) is 2.95. The molecule has 2 N–H and O–H groups in total. The van der Waals surface area contributed by atoms with E-state index in [1.165, 1.54) is 12.1 Å². The number of anilines is 1. The summed E-state index contributed by atoms with van der Waals surface area (Å²) in [4.78, 5) is 37.2. The minimum Gasteiger partial charge on any atom is -0.478 e. The highest BCUT2D eigenvalue weighted by Gasteiger charge is 2.34. The molecule has 1 heterocycles. The van der Waals surface area contributed by atoms with Crippen molar-refractivity contribution in [2.75, 3.05) is 11.9 Å². The van der Waals surface area contributed by atoms with E-state index in [1.54, 1.807) is 17.0 Å². The minimum absolute atomic E-state index is 0.0352. The Morgan fingerprint density at radius 3 is 2.38 bits per heavy atom. The lowest BCUT2D eigenvalue weighted by atomic mass is 10.1. The summed E-state index contributed by atoms with van der Waals surface area (Å²) in [6.07, 6.45) is 0.185. The van der Waals surface area contributed by atoms with Crippen LogP contribution in [0.2, 0.25) is 0 Å². The largest absolute Gasteiger partial charge is 0.478 e. The van der Waals surface area contributed by atoms with Crippen LogP contribution in [0.4, 0.5) is 5.69 Å². The molecule has 26 heavy (non-hydrogen) atoms. The molecule has 0 radical (unpaired) electrons. The zero-order valence-electron chi connectivity index (χ0n) is 14.4. The van der Waals surface area contributed by atoms with Gasteiger partial charge < -0.3 is 15.3 Å². The van der Waals surface area contributed by atoms with E-state index < -0.39 is 11.9 Å². The van der Waals surface area contributed by atoms with Gasteiger partial charge in [0.15, 0.2) is 0 Å². The van der Waals surface area contributed by atoms with Gasteiger partial charge in [-0.1, -0.05) is 29.8 Å². The Balaban J connectivity index is 1.59. The second-order valence-electron chi connectivity index (χ2n) is 6.53. The number of likely N-dealkylation sites (tertiary alicyclic amines) is 1. The minimum atomic E-state index is -1.02. The highest BCUT2D eigenvalue weighted by molar-refractivity contribution is 5.97. The lowest BCUT2D eigenvalue weighted by Crippen LogP contribution is -2.28. The zero-order valence-corrected chi connectivity index (χ0v) is 14.4. The molecular formula is C20H20N2O4. The number of rotatable bonds is 5. The number of benzene rings is 2. The van der Waals surface area contributed by atoms with Crippen LogP contribution in [0.15, 0.2) is 48.5 Å². The number of nitrogens with one attached hydrogen (secondary N) is 1. The summed E-state index contributed by atoms with van der Waals surface area (Å²) in [7, 11) is 0. The predicted molar refractivity (Wildman–Crippen MR) is 96.7 cm³/mol. The molecule has 1 saturated heterocycles. The van der Waals surface area contributed by atoms with Crippen molar-refractivity contribution in [3.8, 4) is 0 Å². The molecule has 0 bridgehead atoms. The van der Waals surface area contributed by atoms with E-state index in [-0.39, 0.29) is 23.8 Å². The van der Waals surface area contributed by atoms with Gasteiger partial charge in [-0.25, -0.2) is 4.79 Å². The molecule has 2 aromatic carbocycles. The molecule has 2 amide bonds. The normalized spacial score (nSPS) is 16.6. The van der Waals surface area contributed by atoms with Gasteiger partial charge in [0.05, 0.1) is 11.5 Å². The molecule has 1 atom stereocenters. The lowest BCUT2D eigenvalue weighted by Gasteiger charge is -2.17. The van der Waals surface area contributed by atoms with Crippen LogP contribution in [0.3, 0.4) is 0 Å². The van der Waals surface area contributed by atoms with E-state index in [4.69, 9.17) is 5.11 Å². The summed E-state index contributed by atoms with van der Waals surface area (Å²) >= 11 is 0. The molecular weight excluding hydrogens is 332 g/mol. The SMILES string of the molecule is Cc1ccc(CN2CC(C(=O)Nc3ccc(C(=O)O)cc3)CC2=O)cc1. The van der Waals surface area contributed by atoms with Crippen LogP contribution in [0.1, 0.15) is 27.9 Å². The second kappa shape index (κ2) is 7.39. The van der Waals surface area contributed by atoms with Gasteiger partial charge in [-0.3, -0.25) is 9.59 Å². The molecule has 6 heteroatoms. The maximum absolute atomic E-state index is 12.4. The van der Waals surface area contributed by atoms with Crippen LogP contribution in [-0.4, -0.2) is 34.3 Å². The molecule has 1 unspecified atom stereocenters. The van der Waals surface area contributed by atoms with Gasteiger partial charge in [-0.05, 0) is 36.8 Å². The molecule has 6 nitrogen and oxygen atoms in total. The monoisotopic (exact) mass is 352 g/mol. The van der Waals surface area contributed by atoms with Gasteiger partial charge in [0.2, 0.25) is 11.8 Å². The Labute approximate surface area is 151 Å². The Morgan fingerprint density at radius 1 is 1.12 bits per heavy atom. The Kier molecular flexibility index (Phi) is 5.02. The first-order valence-electron chi connectivity index (χ1n) is 8.40. The van der Waals surface area contributed by atoms with Crippen molar-refractivity contribution in [1.82, 2.24) is 4.90 Å². The molecule has 0 aliphatic carbocycles. The maximum atomic E-state index is 12.4. The summed E-state index contributed by atoms with van der Waals surface area (Å²) in [5, 5.41) is 11.6. The second-order valence-corrected chi connectivity index (χ2v) is 6.53. The average Bonchev–Trinajstić information content (AvgIpc) is 2.98. The number of amides is 2. The van der Waals surface area contributed by atoms with Gasteiger partial charge >= 0.3 is 5.97 Å². The van der Waals surface area contributed by atoms with Crippen molar-refractivity contribution >= 4 is 23.5 Å². The Hall–Kier alpha value is -3.15. The van der Waals surface area contributed by atoms with E-state index in [9.17, 15) is 14.4 Å². The van der Waals surface area contributed by atoms with Crippen molar-refractivity contribution in [1.29, 1.82) is 0 Å². The van der Waals surface area contributed by atoms with E-state index in [1.807, 2.05) is 31.2 Å². The summed E-state index contributed by atoms with van der Waals surface area (Å²) in [6, 6.07) is 13.9. The fourth-order valence-electron chi connectivity index (χ4n) is 2.95. The van der Waals surface area contributed by atoms with E-state index in [2.05, 4.69) is 5.32 Å².